The number of anilines is 2. The van der Waals surface area contributed by atoms with Gasteiger partial charge in [-0.25, -0.2) is 0 Å². The van der Waals surface area contributed by atoms with Crippen molar-refractivity contribution >= 4 is 24.2 Å². The molecule has 0 unspecified atom stereocenters. The molecule has 2 aromatic carbocycles. The van der Waals surface area contributed by atoms with Crippen LogP contribution >= 0.6 is 0 Å². The molecule has 4 nitrogen and oxygen atoms in total. The van der Waals surface area contributed by atoms with Crippen molar-refractivity contribution in [3.63, 3.8) is 0 Å². The van der Waals surface area contributed by atoms with Gasteiger partial charge < -0.3 is 10.6 Å². The van der Waals surface area contributed by atoms with Crippen molar-refractivity contribution in [1.82, 2.24) is 0 Å². The van der Waals surface area contributed by atoms with Gasteiger partial charge in [-0.05, 0) is 41.8 Å². The Labute approximate surface area is 111 Å². The lowest BCUT2D eigenvalue weighted by Gasteiger charge is -2.05. The van der Waals surface area contributed by atoms with Gasteiger partial charge in [0.25, 0.3) is 0 Å². The Morgan fingerprint density at radius 2 is 1.05 bits per heavy atom. The normalized spacial score (nSPS) is 9.68. The van der Waals surface area contributed by atoms with E-state index in [4.69, 9.17) is 0 Å². The molecule has 19 heavy (non-hydrogen) atoms. The van der Waals surface area contributed by atoms with Crippen LogP contribution in [0.15, 0.2) is 48.5 Å². The lowest BCUT2D eigenvalue weighted by Crippen LogP contribution is -1.95. The van der Waals surface area contributed by atoms with Crippen molar-refractivity contribution in [1.29, 1.82) is 0 Å². The third kappa shape index (κ3) is 3.67. The summed E-state index contributed by atoms with van der Waals surface area (Å²) < 4.78 is 0. The van der Waals surface area contributed by atoms with E-state index in [1.165, 1.54) is 0 Å². The first-order valence-electron chi connectivity index (χ1n) is 5.90. The molecular formula is C15H14N2O2. The summed E-state index contributed by atoms with van der Waals surface area (Å²) in [6.45, 7) is 0. The van der Waals surface area contributed by atoms with Gasteiger partial charge in [0.15, 0.2) is 0 Å². The Morgan fingerprint density at radius 3 is 1.37 bits per heavy atom. The molecule has 0 aliphatic rings. The van der Waals surface area contributed by atoms with Gasteiger partial charge in [0.05, 0.1) is 0 Å². The highest BCUT2D eigenvalue weighted by molar-refractivity contribution is 5.71. The summed E-state index contributed by atoms with van der Waals surface area (Å²) in [5.74, 6) is 0. The van der Waals surface area contributed by atoms with Crippen LogP contribution in [0.5, 0.6) is 0 Å². The van der Waals surface area contributed by atoms with E-state index in [0.717, 1.165) is 28.9 Å². The maximum absolute atomic E-state index is 10.3. The molecule has 0 heterocycles. The molecule has 2 N–H and O–H groups in total. The summed E-state index contributed by atoms with van der Waals surface area (Å²) in [6, 6.07) is 15.4. The van der Waals surface area contributed by atoms with Gasteiger partial charge in [0.2, 0.25) is 12.8 Å². The zero-order chi connectivity index (χ0) is 13.5. The Morgan fingerprint density at radius 1 is 0.684 bits per heavy atom. The SMILES string of the molecule is O=CNc1ccc(Cc2ccc(NC=O)cc2)cc1. The second kappa shape index (κ2) is 6.35. The molecule has 2 aromatic rings. The Kier molecular flexibility index (Phi) is 4.29. The van der Waals surface area contributed by atoms with Crippen LogP contribution in [0, 0.1) is 0 Å². The zero-order valence-electron chi connectivity index (χ0n) is 10.3. The van der Waals surface area contributed by atoms with Crippen molar-refractivity contribution in [2.75, 3.05) is 10.6 Å². The second-order valence-corrected chi connectivity index (χ2v) is 4.10. The van der Waals surface area contributed by atoms with Gasteiger partial charge in [-0.15, -0.1) is 0 Å². The first-order chi connectivity index (χ1) is 9.31. The highest BCUT2D eigenvalue weighted by Crippen LogP contribution is 2.15. The molecular weight excluding hydrogens is 240 g/mol. The third-order valence-electron chi connectivity index (χ3n) is 2.77. The summed E-state index contributed by atoms with van der Waals surface area (Å²) in [4.78, 5) is 20.6. The topological polar surface area (TPSA) is 58.2 Å². The predicted octanol–water partition coefficient (Wildman–Crippen LogP) is 2.41. The molecule has 0 atom stereocenters. The molecule has 0 saturated heterocycles. The van der Waals surface area contributed by atoms with Crippen LogP contribution in [0.1, 0.15) is 11.1 Å². The largest absolute Gasteiger partial charge is 0.329 e. The fraction of sp³-hybridized carbons (Fsp3) is 0.0667. The van der Waals surface area contributed by atoms with E-state index in [0.29, 0.717) is 12.8 Å². The van der Waals surface area contributed by atoms with Crippen LogP contribution in [0.25, 0.3) is 0 Å². The molecule has 0 spiro atoms. The Bertz CT molecular complexity index is 496. The van der Waals surface area contributed by atoms with E-state index in [9.17, 15) is 9.59 Å². The highest BCUT2D eigenvalue weighted by Gasteiger charge is 1.98. The molecule has 0 saturated carbocycles. The second-order valence-electron chi connectivity index (χ2n) is 4.10. The predicted molar refractivity (Wildman–Crippen MR) is 75.1 cm³/mol. The van der Waals surface area contributed by atoms with Gasteiger partial charge in [0, 0.05) is 11.4 Å². The summed E-state index contributed by atoms with van der Waals surface area (Å²) in [5.41, 5.74) is 3.88. The molecule has 0 fully saturated rings. The first-order valence-corrected chi connectivity index (χ1v) is 5.90. The van der Waals surface area contributed by atoms with E-state index in [-0.39, 0.29) is 0 Å². The summed E-state index contributed by atoms with van der Waals surface area (Å²) >= 11 is 0. The van der Waals surface area contributed by atoms with E-state index < -0.39 is 0 Å². The average molecular weight is 254 g/mol. The van der Waals surface area contributed by atoms with Gasteiger partial charge >= 0.3 is 0 Å². The fourth-order valence-corrected chi connectivity index (χ4v) is 1.81. The molecule has 96 valence electrons. The summed E-state index contributed by atoms with van der Waals surface area (Å²) in [5, 5.41) is 5.20. The van der Waals surface area contributed by atoms with Crippen LogP contribution in [-0.2, 0) is 16.0 Å². The minimum Gasteiger partial charge on any atom is -0.329 e. The standard InChI is InChI=1S/C15H14N2O2/c18-10-16-14-5-1-12(2-6-14)9-13-3-7-15(8-4-13)17-11-19/h1-8,10-11H,9H2,(H,16,18)(H,17,19). The number of nitrogens with one attached hydrogen (secondary N) is 2. The first kappa shape index (κ1) is 12.8. The zero-order valence-corrected chi connectivity index (χ0v) is 10.3. The monoisotopic (exact) mass is 254 g/mol. The van der Waals surface area contributed by atoms with Crippen molar-refractivity contribution in [2.24, 2.45) is 0 Å². The lowest BCUT2D eigenvalue weighted by atomic mass is 10.0. The number of rotatable bonds is 6. The fourth-order valence-electron chi connectivity index (χ4n) is 1.81. The molecule has 0 radical (unpaired) electrons. The molecule has 0 aliphatic carbocycles. The van der Waals surface area contributed by atoms with Crippen molar-refractivity contribution in [3.8, 4) is 0 Å². The van der Waals surface area contributed by atoms with Crippen LogP contribution < -0.4 is 10.6 Å². The minimum absolute atomic E-state index is 0.660. The van der Waals surface area contributed by atoms with Crippen LogP contribution in [0.2, 0.25) is 0 Å². The Hall–Kier alpha value is -2.62. The molecule has 2 rings (SSSR count). The quantitative estimate of drug-likeness (QED) is 0.778. The van der Waals surface area contributed by atoms with Crippen molar-refractivity contribution in [2.45, 2.75) is 6.42 Å². The van der Waals surface area contributed by atoms with Crippen LogP contribution in [0.3, 0.4) is 0 Å². The van der Waals surface area contributed by atoms with Gasteiger partial charge in [-0.3, -0.25) is 9.59 Å². The van der Waals surface area contributed by atoms with Crippen LogP contribution in [-0.4, -0.2) is 12.8 Å². The number of amides is 2. The van der Waals surface area contributed by atoms with E-state index in [2.05, 4.69) is 10.6 Å². The maximum atomic E-state index is 10.3. The Balaban J connectivity index is 2.03. The van der Waals surface area contributed by atoms with Gasteiger partial charge in [-0.1, -0.05) is 24.3 Å². The van der Waals surface area contributed by atoms with E-state index >= 15 is 0 Å². The third-order valence-corrected chi connectivity index (χ3v) is 2.77. The summed E-state index contributed by atoms with van der Waals surface area (Å²) in [6.07, 6.45) is 2.13. The molecule has 0 bridgehead atoms. The molecule has 0 aromatic heterocycles. The number of hydrogen-bond donors (Lipinski definition) is 2. The summed E-state index contributed by atoms with van der Waals surface area (Å²) in [7, 11) is 0. The molecule has 0 aliphatic heterocycles. The maximum Gasteiger partial charge on any atom is 0.211 e. The molecule has 4 heteroatoms. The van der Waals surface area contributed by atoms with Crippen LogP contribution in [0.4, 0.5) is 11.4 Å². The number of benzene rings is 2. The lowest BCUT2D eigenvalue weighted by molar-refractivity contribution is -0.106. The van der Waals surface area contributed by atoms with Gasteiger partial charge in [0.1, 0.15) is 0 Å². The highest BCUT2D eigenvalue weighted by atomic mass is 16.1. The average Bonchev–Trinajstić information content (AvgIpc) is 2.44. The minimum atomic E-state index is 0.660. The molecule has 2 amide bonds. The number of carbonyl (C=O) groups is 2. The van der Waals surface area contributed by atoms with E-state index in [1.807, 2.05) is 48.5 Å². The number of hydrogen-bond acceptors (Lipinski definition) is 2. The smallest absolute Gasteiger partial charge is 0.211 e. The van der Waals surface area contributed by atoms with Crippen molar-refractivity contribution in [3.05, 3.63) is 59.7 Å². The number of carbonyl (C=O) groups excluding carboxylic acids is 2. The van der Waals surface area contributed by atoms with Gasteiger partial charge in [-0.2, -0.15) is 0 Å². The van der Waals surface area contributed by atoms with E-state index in [1.54, 1.807) is 0 Å². The van der Waals surface area contributed by atoms with Crippen molar-refractivity contribution < 1.29 is 9.59 Å².